The van der Waals surface area contributed by atoms with E-state index in [9.17, 15) is 0 Å². The Morgan fingerprint density at radius 3 is 2.64 bits per heavy atom. The van der Waals surface area contributed by atoms with Crippen molar-refractivity contribution >= 4 is 23.2 Å². The van der Waals surface area contributed by atoms with Crippen molar-refractivity contribution in [2.45, 2.75) is 6.61 Å². The van der Waals surface area contributed by atoms with Gasteiger partial charge in [-0.3, -0.25) is 0 Å². The highest BCUT2D eigenvalue weighted by Crippen LogP contribution is 2.20. The average molecular weight is 193 g/mol. The first-order valence-electron chi connectivity index (χ1n) is 3.05. The van der Waals surface area contributed by atoms with Gasteiger partial charge >= 0.3 is 0 Å². The summed E-state index contributed by atoms with van der Waals surface area (Å²) in [5.74, 6) is 3.25. The van der Waals surface area contributed by atoms with Crippen molar-refractivity contribution < 1.29 is 10.7 Å². The molecule has 60 valence electrons. The summed E-state index contributed by atoms with van der Waals surface area (Å²) in [5, 5.41) is 1.24. The van der Waals surface area contributed by atoms with Crippen LogP contribution in [-0.2, 0) is 11.4 Å². The van der Waals surface area contributed by atoms with Crippen molar-refractivity contribution in [3.8, 4) is 0 Å². The molecule has 0 atom stereocenters. The fraction of sp³-hybridized carbons (Fsp3) is 0.143. The number of hydrogen-bond donors (Lipinski definition) is 1. The molecule has 0 unspecified atom stereocenters. The van der Waals surface area contributed by atoms with Crippen LogP contribution >= 0.6 is 23.2 Å². The van der Waals surface area contributed by atoms with Gasteiger partial charge in [-0.2, -0.15) is 0 Å². The molecule has 11 heavy (non-hydrogen) atoms. The van der Waals surface area contributed by atoms with Crippen LogP contribution in [0.5, 0.6) is 0 Å². The van der Waals surface area contributed by atoms with Gasteiger partial charge in [-0.1, -0.05) is 29.3 Å². The van der Waals surface area contributed by atoms with Crippen LogP contribution in [-0.4, -0.2) is 0 Å². The Hall–Kier alpha value is -0.280. The molecular weight excluding hydrogens is 185 g/mol. The topological polar surface area (TPSA) is 36.9 Å². The maximum absolute atomic E-state index is 5.82. The van der Waals surface area contributed by atoms with Crippen LogP contribution in [0.1, 0.15) is 5.56 Å². The highest BCUT2D eigenvalue weighted by Gasteiger charge is 2.00. The van der Waals surface area contributed by atoms with Crippen molar-refractivity contribution in [3.05, 3.63) is 33.8 Å². The van der Waals surface area contributed by atoms with Crippen LogP contribution in [0.2, 0.25) is 10.0 Å². The molecule has 0 aromatic heterocycles. The van der Waals surface area contributed by atoms with Crippen LogP contribution in [0.3, 0.4) is 0 Å². The molecule has 0 radical (unpaired) electrons. The summed E-state index contributed by atoms with van der Waals surface area (Å²) in [7, 11) is 0. The van der Waals surface area contributed by atoms with Crippen LogP contribution in [0.15, 0.2) is 18.2 Å². The van der Waals surface area contributed by atoms with E-state index in [0.29, 0.717) is 16.7 Å². The molecule has 3 N–H and O–H groups in total. The first-order chi connectivity index (χ1) is 5.24. The predicted molar refractivity (Wildman–Crippen MR) is 44.1 cm³/mol. The summed E-state index contributed by atoms with van der Waals surface area (Å²) >= 11 is 11.5. The molecule has 1 aromatic rings. The minimum absolute atomic E-state index is 0.413. The van der Waals surface area contributed by atoms with Gasteiger partial charge in [-0.15, -0.1) is 0 Å². The molecule has 0 saturated heterocycles. The highest BCUT2D eigenvalue weighted by atomic mass is 35.5. The summed E-state index contributed by atoms with van der Waals surface area (Å²) < 4.78 is 0. The van der Waals surface area contributed by atoms with E-state index >= 15 is 0 Å². The standard InChI is InChI=1S/C7H8Cl2NO/c8-6-2-1-5(4-11-10)7(9)3-6/h1-3H,4H2,10H3/q+1. The van der Waals surface area contributed by atoms with Gasteiger partial charge in [0.1, 0.15) is 6.61 Å². The minimum atomic E-state index is 0.413. The van der Waals surface area contributed by atoms with Crippen molar-refractivity contribution in [3.63, 3.8) is 0 Å². The molecule has 0 bridgehead atoms. The molecule has 0 saturated carbocycles. The lowest BCUT2D eigenvalue weighted by atomic mass is 10.2. The van der Waals surface area contributed by atoms with Crippen LogP contribution in [0.4, 0.5) is 0 Å². The van der Waals surface area contributed by atoms with Crippen LogP contribution in [0, 0.1) is 0 Å². The normalized spacial score (nSPS) is 10.1. The molecule has 0 aliphatic carbocycles. The molecular formula is C7H8Cl2NO+. The third-order valence-electron chi connectivity index (χ3n) is 1.27. The van der Waals surface area contributed by atoms with E-state index in [1.165, 1.54) is 0 Å². The number of halogens is 2. The Morgan fingerprint density at radius 1 is 1.36 bits per heavy atom. The molecule has 0 heterocycles. The zero-order chi connectivity index (χ0) is 8.27. The minimum Gasteiger partial charge on any atom is -0.212 e. The second-order valence-corrected chi connectivity index (χ2v) is 2.93. The lowest BCUT2D eigenvalue weighted by Crippen LogP contribution is -2.48. The van der Waals surface area contributed by atoms with E-state index in [2.05, 4.69) is 10.7 Å². The van der Waals surface area contributed by atoms with Crippen molar-refractivity contribution in [2.24, 2.45) is 0 Å². The van der Waals surface area contributed by atoms with E-state index in [4.69, 9.17) is 23.2 Å². The Balaban J connectivity index is 2.90. The largest absolute Gasteiger partial charge is 0.212 e. The fourth-order valence-electron chi connectivity index (χ4n) is 0.749. The smallest absolute Gasteiger partial charge is 0.132 e. The lowest BCUT2D eigenvalue weighted by molar-refractivity contribution is -0.695. The zero-order valence-corrected chi connectivity index (χ0v) is 7.32. The molecule has 0 aliphatic heterocycles. The zero-order valence-electron chi connectivity index (χ0n) is 5.81. The highest BCUT2D eigenvalue weighted by molar-refractivity contribution is 6.35. The number of quaternary nitrogens is 1. The summed E-state index contributed by atoms with van der Waals surface area (Å²) in [4.78, 5) is 4.67. The van der Waals surface area contributed by atoms with Gasteiger partial charge in [0.25, 0.3) is 0 Å². The Labute approximate surface area is 74.8 Å². The van der Waals surface area contributed by atoms with Gasteiger partial charge in [-0.25, -0.2) is 10.7 Å². The van der Waals surface area contributed by atoms with E-state index in [0.717, 1.165) is 5.56 Å². The molecule has 0 amide bonds. The third kappa shape index (κ3) is 2.34. The average Bonchev–Trinajstić information content (AvgIpc) is 1.95. The summed E-state index contributed by atoms with van der Waals surface area (Å²) in [6.07, 6.45) is 0. The third-order valence-corrected chi connectivity index (χ3v) is 1.86. The van der Waals surface area contributed by atoms with Crippen molar-refractivity contribution in [1.29, 1.82) is 0 Å². The van der Waals surface area contributed by atoms with E-state index < -0.39 is 0 Å². The maximum atomic E-state index is 5.82. The monoisotopic (exact) mass is 192 g/mol. The first kappa shape index (κ1) is 8.81. The quantitative estimate of drug-likeness (QED) is 0.712. The SMILES string of the molecule is [NH3+]OCc1ccc(Cl)cc1Cl. The van der Waals surface area contributed by atoms with Gasteiger partial charge in [0, 0.05) is 15.6 Å². The van der Waals surface area contributed by atoms with Gasteiger partial charge in [0.15, 0.2) is 0 Å². The number of benzene rings is 1. The van der Waals surface area contributed by atoms with Gasteiger partial charge in [-0.05, 0) is 12.1 Å². The van der Waals surface area contributed by atoms with Gasteiger partial charge in [0.05, 0.1) is 0 Å². The molecule has 0 fully saturated rings. The second kappa shape index (κ2) is 3.93. The van der Waals surface area contributed by atoms with E-state index in [1.807, 2.05) is 6.07 Å². The van der Waals surface area contributed by atoms with Gasteiger partial charge < -0.3 is 0 Å². The van der Waals surface area contributed by atoms with E-state index in [-0.39, 0.29) is 0 Å². The van der Waals surface area contributed by atoms with Gasteiger partial charge in [0.2, 0.25) is 0 Å². The molecule has 0 spiro atoms. The Kier molecular flexibility index (Phi) is 3.15. The van der Waals surface area contributed by atoms with Crippen molar-refractivity contribution in [2.75, 3.05) is 0 Å². The van der Waals surface area contributed by atoms with Crippen LogP contribution in [0.25, 0.3) is 0 Å². The number of rotatable bonds is 2. The summed E-state index contributed by atoms with van der Waals surface area (Å²) in [6, 6.07) is 5.26. The number of hydrogen-bond acceptors (Lipinski definition) is 1. The fourth-order valence-corrected chi connectivity index (χ4v) is 1.21. The molecule has 0 aliphatic rings. The lowest BCUT2D eigenvalue weighted by Gasteiger charge is -1.99. The van der Waals surface area contributed by atoms with E-state index in [1.54, 1.807) is 12.1 Å². The molecule has 2 nitrogen and oxygen atoms in total. The Morgan fingerprint density at radius 2 is 2.09 bits per heavy atom. The maximum Gasteiger partial charge on any atom is 0.132 e. The predicted octanol–water partition coefficient (Wildman–Crippen LogP) is 1.67. The first-order valence-corrected chi connectivity index (χ1v) is 3.80. The Bertz CT molecular complexity index is 252. The summed E-state index contributed by atoms with van der Waals surface area (Å²) in [5.41, 5.74) is 0.895. The van der Waals surface area contributed by atoms with Crippen molar-refractivity contribution in [1.82, 2.24) is 0 Å². The molecule has 1 aromatic carbocycles. The van der Waals surface area contributed by atoms with Crippen LogP contribution < -0.4 is 5.90 Å². The molecule has 4 heteroatoms. The second-order valence-electron chi connectivity index (χ2n) is 2.08. The summed E-state index contributed by atoms with van der Waals surface area (Å²) in [6.45, 7) is 0.413. The molecule has 1 rings (SSSR count).